The van der Waals surface area contributed by atoms with Crippen molar-refractivity contribution in [3.63, 3.8) is 0 Å². The van der Waals surface area contributed by atoms with Crippen molar-refractivity contribution in [1.29, 1.82) is 0 Å². The van der Waals surface area contributed by atoms with Crippen LogP contribution in [0.5, 0.6) is 0 Å². The molecule has 8 heteroatoms. The molecular formula is C12H17N5O2S. The third-order valence-electron chi connectivity index (χ3n) is 2.79. The van der Waals surface area contributed by atoms with Crippen molar-refractivity contribution in [2.24, 2.45) is 7.05 Å². The summed E-state index contributed by atoms with van der Waals surface area (Å²) < 4.78 is 27.9. The van der Waals surface area contributed by atoms with Crippen LogP contribution in [0.2, 0.25) is 0 Å². The Labute approximate surface area is 117 Å². The Morgan fingerprint density at radius 3 is 2.70 bits per heavy atom. The van der Waals surface area contributed by atoms with E-state index >= 15 is 0 Å². The van der Waals surface area contributed by atoms with Gasteiger partial charge < -0.3 is 11.1 Å². The van der Waals surface area contributed by atoms with Crippen LogP contribution in [0.25, 0.3) is 0 Å². The second kappa shape index (κ2) is 5.51. The predicted octanol–water partition coefficient (Wildman–Crippen LogP) is 0.522. The Kier molecular flexibility index (Phi) is 3.96. The normalized spacial score (nSPS) is 11.5. The Morgan fingerprint density at radius 1 is 1.35 bits per heavy atom. The standard InChI is InChI=1S/C12H17N5O2S/c1-14-20(18,19)12-7-9(13)3-4-11(12)15-8-10-5-6-17(2)16-10/h3-7,14-15H,8,13H2,1-2H3. The average Bonchev–Trinajstić information content (AvgIpc) is 2.83. The van der Waals surface area contributed by atoms with Crippen LogP contribution >= 0.6 is 0 Å². The van der Waals surface area contributed by atoms with E-state index in [2.05, 4.69) is 15.1 Å². The molecule has 0 bridgehead atoms. The number of anilines is 2. The smallest absolute Gasteiger partial charge is 0.242 e. The summed E-state index contributed by atoms with van der Waals surface area (Å²) in [6.07, 6.45) is 1.82. The summed E-state index contributed by atoms with van der Waals surface area (Å²) in [5.74, 6) is 0. The average molecular weight is 295 g/mol. The van der Waals surface area contributed by atoms with Crippen molar-refractivity contribution in [2.45, 2.75) is 11.4 Å². The summed E-state index contributed by atoms with van der Waals surface area (Å²) in [6, 6.07) is 6.57. The van der Waals surface area contributed by atoms with Crippen molar-refractivity contribution >= 4 is 21.4 Å². The van der Waals surface area contributed by atoms with Crippen LogP contribution in [0.1, 0.15) is 5.69 Å². The first-order chi connectivity index (χ1) is 9.42. The molecule has 7 nitrogen and oxygen atoms in total. The zero-order valence-electron chi connectivity index (χ0n) is 11.3. The molecule has 0 saturated heterocycles. The van der Waals surface area contributed by atoms with E-state index in [1.54, 1.807) is 16.8 Å². The monoisotopic (exact) mass is 295 g/mol. The number of nitrogens with zero attached hydrogens (tertiary/aromatic N) is 2. The second-order valence-electron chi connectivity index (χ2n) is 4.30. The van der Waals surface area contributed by atoms with Gasteiger partial charge in [0.1, 0.15) is 4.90 Å². The highest BCUT2D eigenvalue weighted by atomic mass is 32.2. The molecule has 20 heavy (non-hydrogen) atoms. The van der Waals surface area contributed by atoms with Crippen molar-refractivity contribution in [3.05, 3.63) is 36.2 Å². The minimum atomic E-state index is -3.57. The molecule has 0 aliphatic rings. The van der Waals surface area contributed by atoms with Crippen LogP contribution in [0.3, 0.4) is 0 Å². The zero-order valence-corrected chi connectivity index (χ0v) is 12.1. The van der Waals surface area contributed by atoms with Crippen molar-refractivity contribution < 1.29 is 8.42 Å². The Morgan fingerprint density at radius 2 is 2.10 bits per heavy atom. The lowest BCUT2D eigenvalue weighted by molar-refractivity contribution is 0.588. The van der Waals surface area contributed by atoms with Crippen LogP contribution in [-0.2, 0) is 23.6 Å². The molecule has 1 aromatic heterocycles. The van der Waals surface area contributed by atoms with E-state index in [0.717, 1.165) is 5.69 Å². The molecule has 0 aliphatic heterocycles. The zero-order chi connectivity index (χ0) is 14.8. The molecule has 0 saturated carbocycles. The summed E-state index contributed by atoms with van der Waals surface area (Å²) in [7, 11) is -0.383. The second-order valence-corrected chi connectivity index (χ2v) is 6.15. The largest absolute Gasteiger partial charge is 0.399 e. The van der Waals surface area contributed by atoms with Crippen molar-refractivity contribution in [2.75, 3.05) is 18.1 Å². The van der Waals surface area contributed by atoms with Gasteiger partial charge in [-0.1, -0.05) is 0 Å². The van der Waals surface area contributed by atoms with E-state index in [-0.39, 0.29) is 4.90 Å². The van der Waals surface area contributed by atoms with Gasteiger partial charge in [0.15, 0.2) is 0 Å². The lowest BCUT2D eigenvalue weighted by atomic mass is 10.3. The van der Waals surface area contributed by atoms with Gasteiger partial charge in [-0.2, -0.15) is 5.10 Å². The van der Waals surface area contributed by atoms with Crippen LogP contribution in [0, 0.1) is 0 Å². The first-order valence-corrected chi connectivity index (χ1v) is 7.46. The van der Waals surface area contributed by atoms with E-state index in [1.165, 1.54) is 13.1 Å². The molecule has 2 rings (SSSR count). The maximum Gasteiger partial charge on any atom is 0.242 e. The Balaban J connectivity index is 2.27. The van der Waals surface area contributed by atoms with E-state index < -0.39 is 10.0 Å². The topological polar surface area (TPSA) is 102 Å². The highest BCUT2D eigenvalue weighted by Gasteiger charge is 2.17. The molecule has 1 aromatic carbocycles. The van der Waals surface area contributed by atoms with Gasteiger partial charge in [0.05, 0.1) is 17.9 Å². The highest BCUT2D eigenvalue weighted by molar-refractivity contribution is 7.89. The van der Waals surface area contributed by atoms with Gasteiger partial charge in [0.2, 0.25) is 10.0 Å². The number of nitrogens with one attached hydrogen (secondary N) is 2. The van der Waals surface area contributed by atoms with E-state index in [1.807, 2.05) is 19.3 Å². The molecule has 0 unspecified atom stereocenters. The number of aryl methyl sites for hydroxylation is 1. The lowest BCUT2D eigenvalue weighted by Crippen LogP contribution is -2.20. The van der Waals surface area contributed by atoms with Crippen molar-refractivity contribution in [1.82, 2.24) is 14.5 Å². The van der Waals surface area contributed by atoms with Crippen LogP contribution < -0.4 is 15.8 Å². The van der Waals surface area contributed by atoms with Gasteiger partial charge in [-0.25, -0.2) is 13.1 Å². The molecule has 0 aliphatic carbocycles. The van der Waals surface area contributed by atoms with Crippen LogP contribution in [0.15, 0.2) is 35.4 Å². The maximum absolute atomic E-state index is 12.0. The minimum absolute atomic E-state index is 0.121. The summed E-state index contributed by atoms with van der Waals surface area (Å²) >= 11 is 0. The molecule has 108 valence electrons. The van der Waals surface area contributed by atoms with Crippen molar-refractivity contribution in [3.8, 4) is 0 Å². The summed E-state index contributed by atoms with van der Waals surface area (Å²) in [6.45, 7) is 0.428. The summed E-state index contributed by atoms with van der Waals surface area (Å²) in [5, 5.41) is 7.28. The fourth-order valence-electron chi connectivity index (χ4n) is 1.76. The molecule has 4 N–H and O–H groups in total. The first-order valence-electron chi connectivity index (χ1n) is 5.98. The number of nitrogens with two attached hydrogens (primary N) is 1. The highest BCUT2D eigenvalue weighted by Crippen LogP contribution is 2.24. The predicted molar refractivity (Wildman–Crippen MR) is 77.6 cm³/mol. The first kappa shape index (κ1) is 14.4. The molecule has 1 heterocycles. The molecule has 0 atom stereocenters. The number of hydrogen-bond donors (Lipinski definition) is 3. The lowest BCUT2D eigenvalue weighted by Gasteiger charge is -2.12. The van der Waals surface area contributed by atoms with Gasteiger partial charge in [0.25, 0.3) is 0 Å². The van der Waals surface area contributed by atoms with Gasteiger partial charge in [-0.3, -0.25) is 4.68 Å². The van der Waals surface area contributed by atoms with E-state index in [0.29, 0.717) is 17.9 Å². The molecule has 0 spiro atoms. The number of sulfonamides is 1. The molecule has 0 radical (unpaired) electrons. The number of hydrogen-bond acceptors (Lipinski definition) is 5. The fourth-order valence-corrected chi connectivity index (χ4v) is 2.70. The van der Waals surface area contributed by atoms with Crippen LogP contribution in [-0.4, -0.2) is 25.2 Å². The van der Waals surface area contributed by atoms with Gasteiger partial charge in [-0.15, -0.1) is 0 Å². The molecular weight excluding hydrogens is 278 g/mol. The molecule has 0 fully saturated rings. The quantitative estimate of drug-likeness (QED) is 0.698. The number of rotatable bonds is 5. The number of nitrogen functional groups attached to an aromatic ring is 1. The van der Waals surface area contributed by atoms with Gasteiger partial charge in [-0.05, 0) is 31.3 Å². The maximum atomic E-state index is 12.0. The number of aromatic nitrogens is 2. The molecule has 0 amide bonds. The van der Waals surface area contributed by atoms with Crippen LogP contribution in [0.4, 0.5) is 11.4 Å². The van der Waals surface area contributed by atoms with Gasteiger partial charge in [0, 0.05) is 18.9 Å². The SMILES string of the molecule is CNS(=O)(=O)c1cc(N)ccc1NCc1ccn(C)n1. The van der Waals surface area contributed by atoms with E-state index in [4.69, 9.17) is 5.73 Å². The number of benzene rings is 1. The summed E-state index contributed by atoms with van der Waals surface area (Å²) in [5.41, 5.74) is 7.35. The third kappa shape index (κ3) is 3.09. The van der Waals surface area contributed by atoms with Gasteiger partial charge >= 0.3 is 0 Å². The Bertz CT molecular complexity index is 708. The van der Waals surface area contributed by atoms with E-state index in [9.17, 15) is 8.42 Å². The summed E-state index contributed by atoms with van der Waals surface area (Å²) in [4.78, 5) is 0.121. The third-order valence-corrected chi connectivity index (χ3v) is 4.25. The minimum Gasteiger partial charge on any atom is -0.399 e. The fraction of sp³-hybridized carbons (Fsp3) is 0.250. The molecule has 2 aromatic rings. The Hall–Kier alpha value is -2.06.